The minimum absolute atomic E-state index is 0.0486. The summed E-state index contributed by atoms with van der Waals surface area (Å²) in [6.07, 6.45) is 2.32. The molecule has 0 radical (unpaired) electrons. The van der Waals surface area contributed by atoms with E-state index >= 15 is 0 Å². The lowest BCUT2D eigenvalue weighted by atomic mass is 10.1. The first kappa shape index (κ1) is 15.2. The number of carbonyl (C=O) groups is 1. The molecule has 5 nitrogen and oxygen atoms in total. The summed E-state index contributed by atoms with van der Waals surface area (Å²) < 4.78 is 52.2. The number of alkyl halides is 4. The van der Waals surface area contributed by atoms with Crippen LogP contribution in [0.15, 0.2) is 30.6 Å². The standard InChI is InChI=1S/C14H10F4N4O/c1-7(23)12-10-3-2-8(4-11(10)22(20-12)14(17)18)9-5-19-21(6-9)13(15)16/h2-6,13-14H,1H3. The molecule has 0 aliphatic rings. The summed E-state index contributed by atoms with van der Waals surface area (Å²) in [5, 5.41) is 7.42. The third-order valence-corrected chi connectivity index (χ3v) is 3.36. The van der Waals surface area contributed by atoms with Crippen LogP contribution >= 0.6 is 0 Å². The van der Waals surface area contributed by atoms with Crippen molar-refractivity contribution in [1.82, 2.24) is 19.6 Å². The molecule has 0 amide bonds. The molecule has 0 saturated heterocycles. The van der Waals surface area contributed by atoms with Gasteiger partial charge in [-0.25, -0.2) is 9.36 Å². The van der Waals surface area contributed by atoms with E-state index in [4.69, 9.17) is 0 Å². The predicted molar refractivity (Wildman–Crippen MR) is 73.5 cm³/mol. The van der Waals surface area contributed by atoms with Crippen LogP contribution in [0.25, 0.3) is 22.0 Å². The molecule has 9 heteroatoms. The topological polar surface area (TPSA) is 52.7 Å². The van der Waals surface area contributed by atoms with E-state index < -0.39 is 18.9 Å². The molecule has 3 rings (SSSR count). The second kappa shape index (κ2) is 5.49. The fourth-order valence-electron chi connectivity index (χ4n) is 2.32. The van der Waals surface area contributed by atoms with Crippen LogP contribution < -0.4 is 0 Å². The van der Waals surface area contributed by atoms with E-state index in [1.807, 2.05) is 0 Å². The van der Waals surface area contributed by atoms with Gasteiger partial charge in [0.1, 0.15) is 5.69 Å². The van der Waals surface area contributed by atoms with Crippen molar-refractivity contribution in [3.05, 3.63) is 36.3 Å². The number of hydrogen-bond acceptors (Lipinski definition) is 3. The van der Waals surface area contributed by atoms with Crippen LogP contribution in [0.2, 0.25) is 0 Å². The van der Waals surface area contributed by atoms with E-state index in [2.05, 4.69) is 10.2 Å². The normalized spacial score (nSPS) is 11.8. The van der Waals surface area contributed by atoms with Crippen molar-refractivity contribution in [1.29, 1.82) is 0 Å². The van der Waals surface area contributed by atoms with Crippen LogP contribution in [0.1, 0.15) is 30.5 Å². The molecule has 0 bridgehead atoms. The van der Waals surface area contributed by atoms with Crippen LogP contribution in [0.4, 0.5) is 17.6 Å². The van der Waals surface area contributed by atoms with Gasteiger partial charge >= 0.3 is 13.1 Å². The summed E-state index contributed by atoms with van der Waals surface area (Å²) in [5.41, 5.74) is 0.752. The molecular formula is C14H10F4N4O. The van der Waals surface area contributed by atoms with Gasteiger partial charge in [-0.3, -0.25) is 4.79 Å². The molecule has 3 aromatic rings. The number of benzene rings is 1. The van der Waals surface area contributed by atoms with Crippen molar-refractivity contribution in [2.75, 3.05) is 0 Å². The van der Waals surface area contributed by atoms with Crippen LogP contribution in [0.5, 0.6) is 0 Å². The molecule has 0 spiro atoms. The molecular weight excluding hydrogens is 316 g/mol. The SMILES string of the molecule is CC(=O)c1nn(C(F)F)c2cc(-c3cnn(C(F)F)c3)ccc12. The van der Waals surface area contributed by atoms with Crippen molar-refractivity contribution in [3.63, 3.8) is 0 Å². The highest BCUT2D eigenvalue weighted by atomic mass is 19.3. The Hall–Kier alpha value is -2.71. The number of ketones is 1. The van der Waals surface area contributed by atoms with Crippen molar-refractivity contribution < 1.29 is 22.4 Å². The van der Waals surface area contributed by atoms with Gasteiger partial charge in [-0.05, 0) is 17.7 Å². The maximum atomic E-state index is 13.1. The first-order valence-electron chi connectivity index (χ1n) is 6.52. The molecule has 2 heterocycles. The molecule has 0 fully saturated rings. The van der Waals surface area contributed by atoms with Crippen LogP contribution in [-0.4, -0.2) is 25.3 Å². The van der Waals surface area contributed by atoms with Gasteiger partial charge in [0.05, 0.1) is 11.7 Å². The molecule has 0 aliphatic carbocycles. The molecule has 0 N–H and O–H groups in total. The average Bonchev–Trinajstić information content (AvgIpc) is 3.11. The second-order valence-corrected chi connectivity index (χ2v) is 4.85. The summed E-state index contributed by atoms with van der Waals surface area (Å²) in [6, 6.07) is 4.37. The number of hydrogen-bond donors (Lipinski definition) is 0. The minimum Gasteiger partial charge on any atom is -0.293 e. The number of Topliss-reactive ketones (excluding diaryl/α,β-unsaturated/α-hetero) is 1. The third-order valence-electron chi connectivity index (χ3n) is 3.36. The van der Waals surface area contributed by atoms with E-state index in [0.29, 0.717) is 20.5 Å². The maximum Gasteiger partial charge on any atom is 0.333 e. The molecule has 1 aromatic carbocycles. The van der Waals surface area contributed by atoms with Gasteiger partial charge in [0.2, 0.25) is 0 Å². The van der Waals surface area contributed by atoms with Crippen LogP contribution in [-0.2, 0) is 0 Å². The number of rotatable bonds is 4. The Morgan fingerprint density at radius 3 is 2.43 bits per heavy atom. The number of fused-ring (bicyclic) bond motifs is 1. The van der Waals surface area contributed by atoms with E-state index in [1.165, 1.54) is 25.3 Å². The monoisotopic (exact) mass is 326 g/mol. The number of nitrogens with zero attached hydrogens (tertiary/aromatic N) is 4. The van der Waals surface area contributed by atoms with Gasteiger partial charge in [0.25, 0.3) is 0 Å². The molecule has 0 aliphatic heterocycles. The highest BCUT2D eigenvalue weighted by Gasteiger charge is 2.19. The van der Waals surface area contributed by atoms with Crippen molar-refractivity contribution in [2.45, 2.75) is 20.0 Å². The summed E-state index contributed by atoms with van der Waals surface area (Å²) in [4.78, 5) is 11.5. The second-order valence-electron chi connectivity index (χ2n) is 4.85. The summed E-state index contributed by atoms with van der Waals surface area (Å²) in [7, 11) is 0. The molecule has 23 heavy (non-hydrogen) atoms. The minimum atomic E-state index is -2.93. The lowest BCUT2D eigenvalue weighted by Gasteiger charge is -2.03. The van der Waals surface area contributed by atoms with Gasteiger partial charge in [0, 0.05) is 24.1 Å². The van der Waals surface area contributed by atoms with Crippen LogP contribution in [0.3, 0.4) is 0 Å². The zero-order chi connectivity index (χ0) is 16.7. The Balaban J connectivity index is 2.17. The van der Waals surface area contributed by atoms with E-state index in [1.54, 1.807) is 6.07 Å². The summed E-state index contributed by atoms with van der Waals surface area (Å²) in [5.74, 6) is -0.437. The Labute approximate surface area is 127 Å². The Bertz CT molecular complexity index is 884. The van der Waals surface area contributed by atoms with Gasteiger partial charge in [0.15, 0.2) is 5.78 Å². The highest BCUT2D eigenvalue weighted by molar-refractivity contribution is 6.05. The first-order chi connectivity index (χ1) is 10.9. The molecule has 120 valence electrons. The quantitative estimate of drug-likeness (QED) is 0.540. The lowest BCUT2D eigenvalue weighted by Crippen LogP contribution is -2.02. The van der Waals surface area contributed by atoms with Gasteiger partial charge in [-0.15, -0.1) is 0 Å². The zero-order valence-electron chi connectivity index (χ0n) is 11.8. The molecule has 2 aromatic heterocycles. The van der Waals surface area contributed by atoms with Crippen molar-refractivity contribution in [3.8, 4) is 11.1 Å². The lowest BCUT2D eigenvalue weighted by molar-refractivity contribution is 0.0566. The Kier molecular flexibility index (Phi) is 3.63. The van der Waals surface area contributed by atoms with E-state index in [-0.39, 0.29) is 16.6 Å². The summed E-state index contributed by atoms with van der Waals surface area (Å²) >= 11 is 0. The van der Waals surface area contributed by atoms with Gasteiger partial charge in [-0.2, -0.15) is 27.8 Å². The zero-order valence-corrected chi connectivity index (χ0v) is 11.8. The molecule has 0 atom stereocenters. The Morgan fingerprint density at radius 2 is 1.87 bits per heavy atom. The number of aromatic nitrogens is 4. The fraction of sp³-hybridized carbons (Fsp3) is 0.214. The van der Waals surface area contributed by atoms with Crippen LogP contribution in [0, 0.1) is 0 Å². The Morgan fingerprint density at radius 1 is 1.13 bits per heavy atom. The number of halogens is 4. The van der Waals surface area contributed by atoms with Crippen molar-refractivity contribution in [2.24, 2.45) is 0 Å². The smallest absolute Gasteiger partial charge is 0.293 e. The maximum absolute atomic E-state index is 13.1. The summed E-state index contributed by atoms with van der Waals surface area (Å²) in [6.45, 7) is -4.48. The number of carbonyl (C=O) groups excluding carboxylic acids is 1. The average molecular weight is 326 g/mol. The van der Waals surface area contributed by atoms with Gasteiger partial charge < -0.3 is 0 Å². The molecule has 0 unspecified atom stereocenters. The van der Waals surface area contributed by atoms with Gasteiger partial charge in [-0.1, -0.05) is 6.07 Å². The van der Waals surface area contributed by atoms with E-state index in [9.17, 15) is 22.4 Å². The predicted octanol–water partition coefficient (Wildman–Crippen LogP) is 3.89. The highest BCUT2D eigenvalue weighted by Crippen LogP contribution is 2.29. The van der Waals surface area contributed by atoms with Crippen molar-refractivity contribution >= 4 is 16.7 Å². The molecule has 0 saturated carbocycles. The first-order valence-corrected chi connectivity index (χ1v) is 6.52. The van der Waals surface area contributed by atoms with E-state index in [0.717, 1.165) is 6.20 Å². The third kappa shape index (κ3) is 2.58. The fourth-order valence-corrected chi connectivity index (χ4v) is 2.32. The largest absolute Gasteiger partial charge is 0.333 e.